The van der Waals surface area contributed by atoms with Crippen LogP contribution in [0.15, 0.2) is 109 Å². The number of pyridine rings is 1. The average molecular weight is 481 g/mol. The lowest BCUT2D eigenvalue weighted by Gasteiger charge is -2.15. The van der Waals surface area contributed by atoms with Gasteiger partial charge in [-0.2, -0.15) is 4.57 Å². The normalized spacial score (nSPS) is 11.2. The summed E-state index contributed by atoms with van der Waals surface area (Å²) >= 11 is 0. The van der Waals surface area contributed by atoms with Crippen molar-refractivity contribution < 1.29 is 4.57 Å². The van der Waals surface area contributed by atoms with Crippen molar-refractivity contribution in [1.29, 1.82) is 0 Å². The van der Waals surface area contributed by atoms with Crippen LogP contribution >= 0.6 is 0 Å². The summed E-state index contributed by atoms with van der Waals surface area (Å²) in [6, 6.07) is 34.8. The average Bonchev–Trinajstić information content (AvgIpc) is 3.20. The number of aryl methyl sites for hydroxylation is 4. The quantitative estimate of drug-likeness (QED) is 0.236. The maximum absolute atomic E-state index is 4.54. The van der Waals surface area contributed by atoms with Crippen molar-refractivity contribution in [2.75, 3.05) is 0 Å². The van der Waals surface area contributed by atoms with Gasteiger partial charge < -0.3 is 0 Å². The van der Waals surface area contributed by atoms with E-state index in [0.29, 0.717) is 0 Å². The summed E-state index contributed by atoms with van der Waals surface area (Å²) in [5.41, 5.74) is 13.2. The molecule has 2 heterocycles. The van der Waals surface area contributed by atoms with Gasteiger partial charge in [0, 0.05) is 23.5 Å². The Bertz CT molecular complexity index is 1690. The van der Waals surface area contributed by atoms with Gasteiger partial charge in [-0.25, -0.2) is 4.57 Å². The number of hydrogen-bond donors (Lipinski definition) is 0. The molecule has 180 valence electrons. The Labute approximate surface area is 218 Å². The number of fused-ring (bicyclic) bond motifs is 1. The van der Waals surface area contributed by atoms with E-state index in [9.17, 15) is 0 Å². The Morgan fingerprint density at radius 2 is 1.22 bits per heavy atom. The molecule has 0 fully saturated rings. The second kappa shape index (κ2) is 9.18. The lowest BCUT2D eigenvalue weighted by molar-refractivity contribution is -0.633. The summed E-state index contributed by atoms with van der Waals surface area (Å²) in [4.78, 5) is 4.54. The molecule has 0 saturated carbocycles. The van der Waals surface area contributed by atoms with Crippen LogP contribution in [-0.2, 0) is 7.05 Å². The van der Waals surface area contributed by atoms with E-state index in [1.54, 1.807) is 0 Å². The van der Waals surface area contributed by atoms with Crippen LogP contribution in [0.3, 0.4) is 0 Å². The van der Waals surface area contributed by atoms with Crippen LogP contribution in [0.1, 0.15) is 16.7 Å². The zero-order valence-corrected chi connectivity index (χ0v) is 21.7. The van der Waals surface area contributed by atoms with E-state index in [-0.39, 0.29) is 0 Å². The Hall–Kier alpha value is -4.50. The minimum Gasteiger partial charge on any atom is -0.264 e. The number of aromatic nitrogens is 3. The summed E-state index contributed by atoms with van der Waals surface area (Å²) in [5, 5.41) is 0. The Morgan fingerprint density at radius 3 is 1.81 bits per heavy atom. The number of nitrogens with zero attached hydrogens (tertiary/aromatic N) is 3. The van der Waals surface area contributed by atoms with E-state index >= 15 is 0 Å². The van der Waals surface area contributed by atoms with E-state index in [4.69, 9.17) is 0 Å². The third-order valence-corrected chi connectivity index (χ3v) is 7.43. The highest BCUT2D eigenvalue weighted by Crippen LogP contribution is 2.40. The maximum atomic E-state index is 4.54. The molecule has 0 aliphatic rings. The second-order valence-electron chi connectivity index (χ2n) is 9.77. The molecule has 6 rings (SSSR count). The fourth-order valence-electron chi connectivity index (χ4n) is 5.32. The van der Waals surface area contributed by atoms with Crippen LogP contribution in [0, 0.1) is 20.8 Å². The molecule has 0 unspecified atom stereocenters. The fourth-order valence-corrected chi connectivity index (χ4v) is 5.32. The predicted molar refractivity (Wildman–Crippen MR) is 153 cm³/mol. The number of hydrogen-bond acceptors (Lipinski definition) is 1. The molecule has 0 radical (unpaired) electrons. The molecular weight excluding hydrogens is 450 g/mol. The van der Waals surface area contributed by atoms with Gasteiger partial charge in [0.2, 0.25) is 0 Å². The molecule has 0 atom stereocenters. The highest BCUT2D eigenvalue weighted by Gasteiger charge is 2.31. The first-order valence-corrected chi connectivity index (χ1v) is 12.7. The molecule has 6 aromatic rings. The van der Waals surface area contributed by atoms with Crippen LogP contribution in [-0.4, -0.2) is 9.55 Å². The van der Waals surface area contributed by atoms with Crippen molar-refractivity contribution >= 4 is 11.0 Å². The van der Waals surface area contributed by atoms with E-state index in [1.807, 2.05) is 12.4 Å². The van der Waals surface area contributed by atoms with Gasteiger partial charge in [0.25, 0.3) is 5.82 Å². The molecule has 3 nitrogen and oxygen atoms in total. The summed E-state index contributed by atoms with van der Waals surface area (Å²) < 4.78 is 4.78. The SMILES string of the molecule is Cc1cc2c(cc1C)[n+](C)c(-c1cnccc1C)n2-c1c(-c2ccccc2)cccc1-c1ccccc1. The van der Waals surface area contributed by atoms with Crippen molar-refractivity contribution in [2.24, 2.45) is 7.05 Å². The second-order valence-corrected chi connectivity index (χ2v) is 9.77. The molecule has 0 amide bonds. The molecular formula is C34H30N3+. The maximum Gasteiger partial charge on any atom is 0.296 e. The van der Waals surface area contributed by atoms with Crippen LogP contribution in [0.4, 0.5) is 0 Å². The van der Waals surface area contributed by atoms with Crippen LogP contribution < -0.4 is 4.57 Å². The van der Waals surface area contributed by atoms with Crippen molar-refractivity contribution in [3.63, 3.8) is 0 Å². The molecule has 0 bridgehead atoms. The third-order valence-electron chi connectivity index (χ3n) is 7.43. The number of para-hydroxylation sites is 1. The molecule has 0 aliphatic heterocycles. The zero-order valence-electron chi connectivity index (χ0n) is 21.7. The van der Waals surface area contributed by atoms with E-state index in [2.05, 4.69) is 139 Å². The van der Waals surface area contributed by atoms with Gasteiger partial charge in [0.15, 0.2) is 11.0 Å². The van der Waals surface area contributed by atoms with Gasteiger partial charge in [-0.15, -0.1) is 0 Å². The molecule has 4 aromatic carbocycles. The number of benzene rings is 4. The standard InChI is InChI=1S/C34H30N3/c1-23-18-19-35-22-30(23)34-36(4)31-20-24(2)25(3)21-32(31)37(34)33-28(26-12-7-5-8-13-26)16-11-17-29(33)27-14-9-6-10-15-27/h5-22H,1-4H3/q+1. The first-order valence-electron chi connectivity index (χ1n) is 12.7. The monoisotopic (exact) mass is 480 g/mol. The third kappa shape index (κ3) is 3.84. The molecule has 0 saturated heterocycles. The Morgan fingerprint density at radius 1 is 0.622 bits per heavy atom. The van der Waals surface area contributed by atoms with E-state index in [1.165, 1.54) is 55.7 Å². The molecule has 0 aliphatic carbocycles. The minimum atomic E-state index is 1.12. The Balaban J connectivity index is 1.84. The Kier molecular flexibility index (Phi) is 5.69. The van der Waals surface area contributed by atoms with Gasteiger partial charge in [0.1, 0.15) is 5.69 Å². The highest BCUT2D eigenvalue weighted by atomic mass is 15.2. The van der Waals surface area contributed by atoms with Gasteiger partial charge in [-0.05, 0) is 66.8 Å². The van der Waals surface area contributed by atoms with E-state index < -0.39 is 0 Å². The summed E-state index contributed by atoms with van der Waals surface area (Å²) in [5.74, 6) is 1.12. The van der Waals surface area contributed by atoms with E-state index in [0.717, 1.165) is 11.4 Å². The van der Waals surface area contributed by atoms with Gasteiger partial charge >= 0.3 is 0 Å². The summed E-state index contributed by atoms with van der Waals surface area (Å²) in [7, 11) is 2.17. The molecule has 2 aromatic heterocycles. The topological polar surface area (TPSA) is 21.7 Å². The minimum absolute atomic E-state index is 1.12. The van der Waals surface area contributed by atoms with Crippen molar-refractivity contribution in [3.05, 3.63) is 126 Å². The molecule has 0 N–H and O–H groups in total. The first-order chi connectivity index (χ1) is 18.0. The smallest absolute Gasteiger partial charge is 0.264 e. The van der Waals surface area contributed by atoms with Gasteiger partial charge in [-0.1, -0.05) is 78.9 Å². The van der Waals surface area contributed by atoms with Gasteiger partial charge in [-0.3, -0.25) is 4.98 Å². The first kappa shape index (κ1) is 22.9. The molecule has 37 heavy (non-hydrogen) atoms. The summed E-state index contributed by atoms with van der Waals surface area (Å²) in [6.07, 6.45) is 3.86. The zero-order chi connectivity index (χ0) is 25.5. The number of imidazole rings is 1. The highest BCUT2D eigenvalue weighted by molar-refractivity contribution is 5.91. The van der Waals surface area contributed by atoms with Gasteiger partial charge in [0.05, 0.1) is 12.6 Å². The molecule has 0 spiro atoms. The summed E-state index contributed by atoms with van der Waals surface area (Å²) in [6.45, 7) is 6.55. The largest absolute Gasteiger partial charge is 0.296 e. The number of rotatable bonds is 4. The molecule has 3 heteroatoms. The lowest BCUT2D eigenvalue weighted by atomic mass is 9.95. The predicted octanol–water partition coefficient (Wildman–Crippen LogP) is 7.78. The van der Waals surface area contributed by atoms with Crippen molar-refractivity contribution in [3.8, 4) is 39.3 Å². The fraction of sp³-hybridized carbons (Fsp3) is 0.118. The van der Waals surface area contributed by atoms with Crippen LogP contribution in [0.25, 0.3) is 50.4 Å². The van der Waals surface area contributed by atoms with Crippen molar-refractivity contribution in [2.45, 2.75) is 20.8 Å². The van der Waals surface area contributed by atoms with Crippen LogP contribution in [0.5, 0.6) is 0 Å². The lowest BCUT2D eigenvalue weighted by Crippen LogP contribution is -2.30. The van der Waals surface area contributed by atoms with Crippen LogP contribution in [0.2, 0.25) is 0 Å². The van der Waals surface area contributed by atoms with Crippen molar-refractivity contribution in [1.82, 2.24) is 9.55 Å².